The van der Waals surface area contributed by atoms with E-state index in [9.17, 15) is 22.4 Å². The van der Waals surface area contributed by atoms with Crippen molar-refractivity contribution in [1.82, 2.24) is 4.90 Å². The zero-order chi connectivity index (χ0) is 19.6. The van der Waals surface area contributed by atoms with Crippen LogP contribution in [0.3, 0.4) is 0 Å². The summed E-state index contributed by atoms with van der Waals surface area (Å²) in [5, 5.41) is -0.0954. The van der Waals surface area contributed by atoms with Crippen LogP contribution in [-0.2, 0) is 19.4 Å². The number of carbonyl (C=O) groups is 2. The second-order valence-electron chi connectivity index (χ2n) is 6.97. The second kappa shape index (κ2) is 8.14. The Morgan fingerprint density at radius 1 is 1.19 bits per heavy atom. The average Bonchev–Trinajstić information content (AvgIpc) is 3.23. The predicted octanol–water partition coefficient (Wildman–Crippen LogP) is 2.59. The van der Waals surface area contributed by atoms with E-state index >= 15 is 0 Å². The van der Waals surface area contributed by atoms with Crippen molar-refractivity contribution in [3.05, 3.63) is 34.6 Å². The maximum atomic E-state index is 13.8. The number of nitrogens with zero attached hydrogens (tertiary/aromatic N) is 1. The fourth-order valence-corrected chi connectivity index (χ4v) is 5.80. The summed E-state index contributed by atoms with van der Waals surface area (Å²) in [5.41, 5.74) is -0.414. The van der Waals surface area contributed by atoms with Crippen molar-refractivity contribution in [2.75, 3.05) is 18.1 Å². The standard InChI is InChI=1S/C18H21ClFNO5S/c19-14-6-3-7-15(20)17(14)18(23)26-10-16(22)21(12-4-1-2-5-12)13-8-9-27(24,25)11-13/h3,6-7,12-13H,1-2,4-5,8-11H2/t13-/m1/s1. The average molecular weight is 418 g/mol. The quantitative estimate of drug-likeness (QED) is 0.688. The minimum absolute atomic E-state index is 0.0495. The molecule has 1 amide bonds. The lowest BCUT2D eigenvalue weighted by molar-refractivity contribution is -0.139. The first-order valence-electron chi connectivity index (χ1n) is 8.91. The summed E-state index contributed by atoms with van der Waals surface area (Å²) in [7, 11) is -3.16. The van der Waals surface area contributed by atoms with E-state index in [2.05, 4.69) is 0 Å². The maximum Gasteiger partial charge on any atom is 0.343 e. The number of hydrogen-bond donors (Lipinski definition) is 0. The van der Waals surface area contributed by atoms with E-state index in [4.69, 9.17) is 16.3 Å². The minimum atomic E-state index is -3.16. The van der Waals surface area contributed by atoms with Gasteiger partial charge in [-0.15, -0.1) is 0 Å². The number of rotatable bonds is 5. The van der Waals surface area contributed by atoms with Crippen molar-refractivity contribution in [2.45, 2.75) is 44.2 Å². The second-order valence-corrected chi connectivity index (χ2v) is 9.60. The number of halogens is 2. The molecular formula is C18H21ClFNO5S. The largest absolute Gasteiger partial charge is 0.452 e. The predicted molar refractivity (Wildman–Crippen MR) is 97.9 cm³/mol. The van der Waals surface area contributed by atoms with E-state index in [1.165, 1.54) is 12.1 Å². The Bertz CT molecular complexity index is 818. The molecular weight excluding hydrogens is 397 g/mol. The highest BCUT2D eigenvalue weighted by atomic mass is 35.5. The van der Waals surface area contributed by atoms with Gasteiger partial charge < -0.3 is 9.64 Å². The molecule has 0 unspecified atom stereocenters. The van der Waals surface area contributed by atoms with Crippen molar-refractivity contribution in [2.24, 2.45) is 0 Å². The van der Waals surface area contributed by atoms with Gasteiger partial charge in [0, 0.05) is 12.1 Å². The summed E-state index contributed by atoms with van der Waals surface area (Å²) in [6.07, 6.45) is 3.93. The molecule has 9 heteroatoms. The van der Waals surface area contributed by atoms with Gasteiger partial charge in [0.1, 0.15) is 11.4 Å². The highest BCUT2D eigenvalue weighted by Crippen LogP contribution is 2.29. The van der Waals surface area contributed by atoms with Crippen molar-refractivity contribution in [3.8, 4) is 0 Å². The van der Waals surface area contributed by atoms with Crippen LogP contribution in [-0.4, -0.2) is 55.4 Å². The van der Waals surface area contributed by atoms with Crippen LogP contribution in [0, 0.1) is 5.82 Å². The van der Waals surface area contributed by atoms with Gasteiger partial charge in [-0.25, -0.2) is 17.6 Å². The first kappa shape index (κ1) is 20.1. The molecule has 2 aliphatic rings. The molecule has 1 atom stereocenters. The van der Waals surface area contributed by atoms with E-state index < -0.39 is 45.7 Å². The summed E-state index contributed by atoms with van der Waals surface area (Å²) < 4.78 is 42.5. The summed E-state index contributed by atoms with van der Waals surface area (Å²) in [6.45, 7) is -0.573. The van der Waals surface area contributed by atoms with Gasteiger partial charge in [0.2, 0.25) is 0 Å². The van der Waals surface area contributed by atoms with Gasteiger partial charge in [0.05, 0.1) is 16.5 Å². The highest BCUT2D eigenvalue weighted by Gasteiger charge is 2.39. The molecule has 0 N–H and O–H groups in total. The van der Waals surface area contributed by atoms with Crippen molar-refractivity contribution >= 4 is 33.3 Å². The molecule has 1 saturated heterocycles. The third-order valence-corrected chi connectivity index (χ3v) is 7.17. The Morgan fingerprint density at radius 2 is 1.89 bits per heavy atom. The first-order chi connectivity index (χ1) is 12.8. The van der Waals surface area contributed by atoms with E-state index in [0.717, 1.165) is 31.7 Å². The highest BCUT2D eigenvalue weighted by molar-refractivity contribution is 7.91. The summed E-state index contributed by atoms with van der Waals surface area (Å²) in [6, 6.07) is 3.35. The molecule has 1 aliphatic carbocycles. The Balaban J connectivity index is 1.70. The summed E-state index contributed by atoms with van der Waals surface area (Å²) >= 11 is 5.84. The Morgan fingerprint density at radius 3 is 2.48 bits per heavy atom. The van der Waals surface area contributed by atoms with Crippen LogP contribution in [0.2, 0.25) is 5.02 Å². The van der Waals surface area contributed by atoms with E-state index in [1.54, 1.807) is 4.90 Å². The number of sulfone groups is 1. The fraction of sp³-hybridized carbons (Fsp3) is 0.556. The third-order valence-electron chi connectivity index (χ3n) is 5.10. The fourth-order valence-electron chi connectivity index (χ4n) is 3.85. The molecule has 148 valence electrons. The van der Waals surface area contributed by atoms with Gasteiger partial charge in [-0.1, -0.05) is 30.5 Å². The summed E-state index contributed by atoms with van der Waals surface area (Å²) in [4.78, 5) is 26.5. The van der Waals surface area contributed by atoms with Crippen molar-refractivity contribution in [1.29, 1.82) is 0 Å². The normalized spacial score (nSPS) is 21.9. The molecule has 0 radical (unpaired) electrons. The van der Waals surface area contributed by atoms with Gasteiger partial charge in [-0.2, -0.15) is 0 Å². The van der Waals surface area contributed by atoms with E-state index in [-0.39, 0.29) is 22.6 Å². The van der Waals surface area contributed by atoms with E-state index in [0.29, 0.717) is 6.42 Å². The van der Waals surface area contributed by atoms with Gasteiger partial charge in [-0.3, -0.25) is 4.79 Å². The van der Waals surface area contributed by atoms with Gasteiger partial charge in [-0.05, 0) is 31.4 Å². The van der Waals surface area contributed by atoms with Gasteiger partial charge in [0.25, 0.3) is 5.91 Å². The smallest absolute Gasteiger partial charge is 0.343 e. The molecule has 1 saturated carbocycles. The Labute approximate surface area is 162 Å². The molecule has 0 aromatic heterocycles. The zero-order valence-corrected chi connectivity index (χ0v) is 16.3. The third kappa shape index (κ3) is 4.60. The number of benzene rings is 1. The number of carbonyl (C=O) groups excluding carboxylic acids is 2. The molecule has 1 heterocycles. The van der Waals surface area contributed by atoms with E-state index in [1.807, 2.05) is 0 Å². The van der Waals surface area contributed by atoms with Crippen molar-refractivity contribution in [3.63, 3.8) is 0 Å². The molecule has 2 fully saturated rings. The van der Waals surface area contributed by atoms with Crippen LogP contribution in [0.25, 0.3) is 0 Å². The molecule has 1 aromatic carbocycles. The first-order valence-corrected chi connectivity index (χ1v) is 11.1. The van der Waals surface area contributed by atoms with Gasteiger partial charge in [0.15, 0.2) is 16.4 Å². The minimum Gasteiger partial charge on any atom is -0.452 e. The van der Waals surface area contributed by atoms with Crippen LogP contribution in [0.4, 0.5) is 4.39 Å². The molecule has 1 aliphatic heterocycles. The van der Waals surface area contributed by atoms with Crippen LogP contribution >= 0.6 is 11.6 Å². The monoisotopic (exact) mass is 417 g/mol. The SMILES string of the molecule is O=C(OCC(=O)N(C1CCCC1)[C@@H]1CCS(=O)(=O)C1)c1c(F)cccc1Cl. The molecule has 0 bridgehead atoms. The number of ether oxygens (including phenoxy) is 1. The van der Waals surface area contributed by atoms with Crippen LogP contribution in [0.5, 0.6) is 0 Å². The molecule has 6 nitrogen and oxygen atoms in total. The van der Waals surface area contributed by atoms with Crippen molar-refractivity contribution < 1.29 is 27.1 Å². The lowest BCUT2D eigenvalue weighted by atomic mass is 10.1. The van der Waals surface area contributed by atoms with Crippen LogP contribution < -0.4 is 0 Å². The number of esters is 1. The number of amides is 1. The number of hydrogen-bond acceptors (Lipinski definition) is 5. The molecule has 27 heavy (non-hydrogen) atoms. The topological polar surface area (TPSA) is 80.8 Å². The zero-order valence-electron chi connectivity index (χ0n) is 14.7. The molecule has 0 spiro atoms. The molecule has 3 rings (SSSR count). The summed E-state index contributed by atoms with van der Waals surface area (Å²) in [5.74, 6) is -2.31. The van der Waals surface area contributed by atoms with Gasteiger partial charge >= 0.3 is 5.97 Å². The van der Waals surface area contributed by atoms with Crippen LogP contribution in [0.1, 0.15) is 42.5 Å². The molecule has 1 aromatic rings. The lowest BCUT2D eigenvalue weighted by Gasteiger charge is -2.33. The van der Waals surface area contributed by atoms with Crippen LogP contribution in [0.15, 0.2) is 18.2 Å². The Kier molecular flexibility index (Phi) is 6.05. The Hall–Kier alpha value is -1.67. The maximum absolute atomic E-state index is 13.8. The lowest BCUT2D eigenvalue weighted by Crippen LogP contribution is -2.48.